The lowest BCUT2D eigenvalue weighted by Crippen LogP contribution is -2.55. The highest BCUT2D eigenvalue weighted by molar-refractivity contribution is 7.89. The summed E-state index contributed by atoms with van der Waals surface area (Å²) in [7, 11) is -3.78. The van der Waals surface area contributed by atoms with Gasteiger partial charge < -0.3 is 9.88 Å². The van der Waals surface area contributed by atoms with E-state index in [9.17, 15) is 13.2 Å². The molecule has 0 radical (unpaired) electrons. The highest BCUT2D eigenvalue weighted by Gasteiger charge is 2.36. The number of benzene rings is 1. The molecule has 1 amide bonds. The predicted molar refractivity (Wildman–Crippen MR) is 119 cm³/mol. The molecule has 1 aliphatic heterocycles. The van der Waals surface area contributed by atoms with Crippen molar-refractivity contribution in [2.75, 3.05) is 19.6 Å². The molecule has 4 heterocycles. The van der Waals surface area contributed by atoms with Crippen molar-refractivity contribution < 1.29 is 13.2 Å². The van der Waals surface area contributed by atoms with E-state index in [1.807, 2.05) is 25.1 Å². The average molecular weight is 451 g/mol. The number of nitrogens with zero attached hydrogens (tertiary/aromatic N) is 5. The van der Waals surface area contributed by atoms with Crippen LogP contribution in [-0.4, -0.2) is 68.7 Å². The Kier molecular flexibility index (Phi) is 5.03. The first kappa shape index (κ1) is 20.4. The van der Waals surface area contributed by atoms with Gasteiger partial charge in [-0.25, -0.2) is 18.4 Å². The first-order valence-corrected chi connectivity index (χ1v) is 11.7. The number of piperazine rings is 1. The van der Waals surface area contributed by atoms with Gasteiger partial charge in [0, 0.05) is 61.4 Å². The highest BCUT2D eigenvalue weighted by atomic mass is 32.2. The molecule has 0 saturated carbocycles. The highest BCUT2D eigenvalue weighted by Crippen LogP contribution is 2.30. The van der Waals surface area contributed by atoms with Gasteiger partial charge in [-0.05, 0) is 25.1 Å². The number of nitrogens with one attached hydrogen (secondary N) is 1. The van der Waals surface area contributed by atoms with Gasteiger partial charge in [0.1, 0.15) is 11.2 Å². The van der Waals surface area contributed by atoms with Gasteiger partial charge in [0.05, 0.1) is 5.52 Å². The van der Waals surface area contributed by atoms with Crippen LogP contribution in [0.15, 0.2) is 72.4 Å². The summed E-state index contributed by atoms with van der Waals surface area (Å²) in [5, 5.41) is 0.568. The van der Waals surface area contributed by atoms with Crippen LogP contribution in [0.4, 0.5) is 0 Å². The molecule has 9 nitrogen and oxygen atoms in total. The van der Waals surface area contributed by atoms with E-state index in [0.29, 0.717) is 35.4 Å². The van der Waals surface area contributed by atoms with Gasteiger partial charge in [0.2, 0.25) is 10.0 Å². The summed E-state index contributed by atoms with van der Waals surface area (Å²) in [6, 6.07) is 10.4. The van der Waals surface area contributed by atoms with Gasteiger partial charge in [0.25, 0.3) is 5.91 Å². The summed E-state index contributed by atoms with van der Waals surface area (Å²) in [6.07, 6.45) is 8.10. The van der Waals surface area contributed by atoms with E-state index in [2.05, 4.69) is 15.0 Å². The minimum absolute atomic E-state index is 0.0855. The second kappa shape index (κ2) is 7.88. The molecule has 0 aliphatic carbocycles. The second-order valence-electron chi connectivity index (χ2n) is 7.76. The van der Waals surface area contributed by atoms with Crippen molar-refractivity contribution in [3.63, 3.8) is 0 Å². The van der Waals surface area contributed by atoms with Gasteiger partial charge in [0.15, 0.2) is 5.82 Å². The molecule has 3 aromatic heterocycles. The largest absolute Gasteiger partial charge is 0.357 e. The van der Waals surface area contributed by atoms with Crippen LogP contribution in [0.25, 0.3) is 16.7 Å². The van der Waals surface area contributed by atoms with E-state index in [0.717, 1.165) is 0 Å². The van der Waals surface area contributed by atoms with Crippen molar-refractivity contribution in [3.8, 4) is 5.82 Å². The number of sulfonamides is 1. The summed E-state index contributed by atoms with van der Waals surface area (Å²) in [5.74, 6) is 0.491. The quantitative estimate of drug-likeness (QED) is 0.514. The smallest absolute Gasteiger partial charge is 0.253 e. The zero-order valence-electron chi connectivity index (χ0n) is 17.4. The third kappa shape index (κ3) is 3.37. The first-order valence-electron chi connectivity index (χ1n) is 10.3. The van der Waals surface area contributed by atoms with Gasteiger partial charge in [-0.1, -0.05) is 18.2 Å². The summed E-state index contributed by atoms with van der Waals surface area (Å²) in [5.41, 5.74) is 1.22. The molecule has 4 aromatic rings. The van der Waals surface area contributed by atoms with Gasteiger partial charge in [-0.3, -0.25) is 9.36 Å². The first-order chi connectivity index (χ1) is 15.5. The molecule has 5 rings (SSSR count). The lowest BCUT2D eigenvalue weighted by atomic mass is 10.1. The zero-order chi connectivity index (χ0) is 22.3. The standard InChI is InChI=1S/C22H22N6O3S/c1-16-14-26(22(29)17-5-3-2-4-6-17)11-12-28(16)32(30,31)19-13-25-20-18(19)7-8-24-21(20)27-10-9-23-15-27/h2-10,13,15-16,25H,11-12,14H2,1H3/t16-/m1/s1. The maximum Gasteiger partial charge on any atom is 0.253 e. The van der Waals surface area contributed by atoms with Crippen LogP contribution in [0.3, 0.4) is 0 Å². The molecule has 164 valence electrons. The normalized spacial score (nSPS) is 17.7. The van der Waals surface area contributed by atoms with E-state index in [1.165, 1.54) is 10.5 Å². The molecular formula is C22H22N6O3S. The van der Waals surface area contributed by atoms with E-state index < -0.39 is 10.0 Å². The van der Waals surface area contributed by atoms with Crippen molar-refractivity contribution in [1.82, 2.24) is 28.7 Å². The Balaban J connectivity index is 1.43. The zero-order valence-corrected chi connectivity index (χ0v) is 18.2. The Morgan fingerprint density at radius 3 is 2.66 bits per heavy atom. The van der Waals surface area contributed by atoms with Crippen LogP contribution < -0.4 is 0 Å². The van der Waals surface area contributed by atoms with Gasteiger partial charge in [-0.2, -0.15) is 4.31 Å². The van der Waals surface area contributed by atoms with E-state index in [4.69, 9.17) is 0 Å². The Morgan fingerprint density at radius 1 is 1.12 bits per heavy atom. The van der Waals surface area contributed by atoms with E-state index in [1.54, 1.807) is 52.6 Å². The number of pyridine rings is 1. The average Bonchev–Trinajstić information content (AvgIpc) is 3.49. The van der Waals surface area contributed by atoms with Crippen molar-refractivity contribution >= 4 is 26.8 Å². The minimum atomic E-state index is -3.78. The summed E-state index contributed by atoms with van der Waals surface area (Å²) < 4.78 is 30.4. The number of rotatable bonds is 4. The number of aromatic amines is 1. The Hall–Kier alpha value is -3.50. The predicted octanol–water partition coefficient (Wildman–Crippen LogP) is 2.28. The molecule has 32 heavy (non-hydrogen) atoms. The van der Waals surface area contributed by atoms with Crippen LogP contribution in [0.5, 0.6) is 0 Å². The van der Waals surface area contributed by atoms with E-state index >= 15 is 0 Å². The molecule has 0 unspecified atom stereocenters. The maximum atomic E-state index is 13.6. The van der Waals surface area contributed by atoms with Gasteiger partial charge in [-0.15, -0.1) is 0 Å². The third-order valence-electron chi connectivity index (χ3n) is 5.75. The maximum absolute atomic E-state index is 13.6. The Labute approximate surface area is 185 Å². The fraction of sp³-hybridized carbons (Fsp3) is 0.227. The summed E-state index contributed by atoms with van der Waals surface area (Å²) >= 11 is 0. The van der Waals surface area contributed by atoms with Crippen LogP contribution in [0.1, 0.15) is 17.3 Å². The van der Waals surface area contributed by atoms with Crippen LogP contribution in [-0.2, 0) is 10.0 Å². The molecule has 1 aromatic carbocycles. The Morgan fingerprint density at radius 2 is 1.94 bits per heavy atom. The van der Waals surface area contributed by atoms with Crippen molar-refractivity contribution in [2.45, 2.75) is 17.9 Å². The fourth-order valence-corrected chi connectivity index (χ4v) is 5.95. The second-order valence-corrected chi connectivity index (χ2v) is 9.62. The lowest BCUT2D eigenvalue weighted by Gasteiger charge is -2.38. The van der Waals surface area contributed by atoms with Gasteiger partial charge >= 0.3 is 0 Å². The van der Waals surface area contributed by atoms with Crippen LogP contribution >= 0.6 is 0 Å². The fourth-order valence-electron chi connectivity index (χ4n) is 4.18. The molecule has 1 fully saturated rings. The lowest BCUT2D eigenvalue weighted by molar-refractivity contribution is 0.0642. The summed E-state index contributed by atoms with van der Waals surface area (Å²) in [4.78, 5) is 26.2. The summed E-state index contributed by atoms with van der Waals surface area (Å²) in [6.45, 7) is 2.72. The molecule has 10 heteroatoms. The molecule has 1 saturated heterocycles. The van der Waals surface area contributed by atoms with E-state index in [-0.39, 0.29) is 23.4 Å². The molecule has 1 N–H and O–H groups in total. The number of aromatic nitrogens is 4. The topological polar surface area (TPSA) is 104 Å². The van der Waals surface area contributed by atoms with Crippen LogP contribution in [0.2, 0.25) is 0 Å². The number of carbonyl (C=O) groups excluding carboxylic acids is 1. The van der Waals surface area contributed by atoms with Crippen molar-refractivity contribution in [3.05, 3.63) is 73.1 Å². The molecule has 1 aliphatic rings. The SMILES string of the molecule is C[C@@H]1CN(C(=O)c2ccccc2)CCN1S(=O)(=O)c1c[nH]c2c(-n3ccnc3)nccc12. The minimum Gasteiger partial charge on any atom is -0.357 e. The molecule has 0 bridgehead atoms. The third-order valence-corrected chi connectivity index (χ3v) is 7.81. The molecule has 1 atom stereocenters. The van der Waals surface area contributed by atoms with Crippen molar-refractivity contribution in [2.24, 2.45) is 0 Å². The Bertz CT molecular complexity index is 1370. The number of H-pyrrole nitrogens is 1. The molecular weight excluding hydrogens is 428 g/mol. The molecule has 0 spiro atoms. The van der Waals surface area contributed by atoms with Crippen molar-refractivity contribution in [1.29, 1.82) is 0 Å². The number of fused-ring (bicyclic) bond motifs is 1. The monoisotopic (exact) mass is 450 g/mol. The number of hydrogen-bond donors (Lipinski definition) is 1. The number of amides is 1. The van der Waals surface area contributed by atoms with Crippen LogP contribution in [0, 0.1) is 0 Å². The number of imidazole rings is 1. The number of carbonyl (C=O) groups is 1. The number of hydrogen-bond acceptors (Lipinski definition) is 5.